The fraction of sp³-hybridized carbons (Fsp3) is 0.600. The number of thioether (sulfide) groups is 1. The molecule has 10 heavy (non-hydrogen) atoms. The van der Waals surface area contributed by atoms with E-state index in [1.165, 1.54) is 16.7 Å². The Morgan fingerprint density at radius 2 is 2.50 bits per heavy atom. The number of rotatable bonds is 2. The van der Waals surface area contributed by atoms with Crippen LogP contribution in [0.4, 0.5) is 0 Å². The molecule has 0 aromatic rings. The largest absolute Gasteiger partial charge is 0.479 e. The molecule has 0 spiro atoms. The first-order chi connectivity index (χ1) is 4.75. The van der Waals surface area contributed by atoms with Gasteiger partial charge in [-0.3, -0.25) is 4.79 Å². The minimum atomic E-state index is -0.936. The lowest BCUT2D eigenvalue weighted by Crippen LogP contribution is -2.33. The molecule has 1 aliphatic rings. The molecule has 1 aliphatic heterocycles. The van der Waals surface area contributed by atoms with Gasteiger partial charge in [0.15, 0.2) is 5.37 Å². The molecule has 5 heteroatoms. The van der Waals surface area contributed by atoms with Crippen LogP contribution in [0.3, 0.4) is 0 Å². The third-order valence-electron chi connectivity index (χ3n) is 1.27. The number of carboxylic acid groups (broad SMARTS) is 1. The van der Waals surface area contributed by atoms with Gasteiger partial charge in [-0.2, -0.15) is 0 Å². The molecule has 1 amide bonds. The van der Waals surface area contributed by atoms with E-state index in [-0.39, 0.29) is 0 Å². The highest BCUT2D eigenvalue weighted by Crippen LogP contribution is 2.21. The number of carbonyl (C=O) groups is 2. The van der Waals surface area contributed by atoms with Crippen LogP contribution in [0.5, 0.6) is 0 Å². The number of aliphatic carboxylic acids is 1. The van der Waals surface area contributed by atoms with Gasteiger partial charge in [0, 0.05) is 12.3 Å². The van der Waals surface area contributed by atoms with Gasteiger partial charge in [-0.1, -0.05) is 0 Å². The van der Waals surface area contributed by atoms with Crippen LogP contribution in [0.1, 0.15) is 0 Å². The van der Waals surface area contributed by atoms with Crippen LogP contribution in [-0.2, 0) is 9.59 Å². The zero-order valence-corrected chi connectivity index (χ0v) is 6.00. The Balaban J connectivity index is 2.58. The molecule has 1 unspecified atom stereocenters. The van der Waals surface area contributed by atoms with E-state index < -0.39 is 11.3 Å². The van der Waals surface area contributed by atoms with Crippen molar-refractivity contribution < 1.29 is 14.7 Å². The van der Waals surface area contributed by atoms with E-state index in [9.17, 15) is 9.59 Å². The molecule has 0 radical (unpaired) electrons. The van der Waals surface area contributed by atoms with Gasteiger partial charge in [0.1, 0.15) is 0 Å². The van der Waals surface area contributed by atoms with Crippen molar-refractivity contribution in [3.63, 3.8) is 0 Å². The fourth-order valence-electron chi connectivity index (χ4n) is 0.804. The number of nitrogens with zero attached hydrogens (tertiary/aromatic N) is 1. The van der Waals surface area contributed by atoms with Crippen molar-refractivity contribution in [2.24, 2.45) is 0 Å². The van der Waals surface area contributed by atoms with Crippen LogP contribution in [0.25, 0.3) is 0 Å². The highest BCUT2D eigenvalue weighted by Gasteiger charge is 2.29. The Bertz CT molecular complexity index is 161. The van der Waals surface area contributed by atoms with E-state index in [4.69, 9.17) is 5.11 Å². The lowest BCUT2D eigenvalue weighted by atomic mass is 10.5. The minimum Gasteiger partial charge on any atom is -0.479 e. The summed E-state index contributed by atoms with van der Waals surface area (Å²) in [6.07, 6.45) is 0.582. The molecule has 0 aliphatic carbocycles. The second-order valence-electron chi connectivity index (χ2n) is 1.90. The molecule has 0 saturated carbocycles. The van der Waals surface area contributed by atoms with Crippen LogP contribution in [0, 0.1) is 0 Å². The highest BCUT2D eigenvalue weighted by molar-refractivity contribution is 8.00. The summed E-state index contributed by atoms with van der Waals surface area (Å²) in [6, 6.07) is 0. The number of hydrogen-bond donors (Lipinski definition) is 1. The first kappa shape index (κ1) is 7.40. The second kappa shape index (κ2) is 2.92. The van der Waals surface area contributed by atoms with Gasteiger partial charge < -0.3 is 10.0 Å². The molecule has 1 heterocycles. The number of amides is 1. The zero-order valence-electron chi connectivity index (χ0n) is 5.19. The maximum atomic E-state index is 10.3. The first-order valence-corrected chi connectivity index (χ1v) is 3.86. The Kier molecular flexibility index (Phi) is 2.16. The average Bonchev–Trinajstić information content (AvgIpc) is 2.33. The average molecular weight is 161 g/mol. The fourth-order valence-corrected chi connectivity index (χ4v) is 1.83. The molecule has 0 aromatic heterocycles. The molecule has 1 fully saturated rings. The summed E-state index contributed by atoms with van der Waals surface area (Å²) in [5, 5.41) is 7.84. The third-order valence-corrected chi connectivity index (χ3v) is 2.48. The van der Waals surface area contributed by atoms with E-state index in [0.717, 1.165) is 5.75 Å². The molecule has 1 atom stereocenters. The predicted octanol–water partition coefficient (Wildman–Crippen LogP) is -0.398. The summed E-state index contributed by atoms with van der Waals surface area (Å²) in [4.78, 5) is 21.8. The molecule has 1 saturated heterocycles. The van der Waals surface area contributed by atoms with Crippen LogP contribution in [0.15, 0.2) is 0 Å². The topological polar surface area (TPSA) is 57.6 Å². The predicted molar refractivity (Wildman–Crippen MR) is 36.7 cm³/mol. The molecular weight excluding hydrogens is 154 g/mol. The van der Waals surface area contributed by atoms with Gasteiger partial charge in [0.05, 0.1) is 0 Å². The normalized spacial score (nSPS) is 24.8. The quantitative estimate of drug-likeness (QED) is 0.560. The van der Waals surface area contributed by atoms with Gasteiger partial charge in [0.2, 0.25) is 6.41 Å². The standard InChI is InChI=1S/C5H7NO3S/c7-3-6-1-2-10-4(6)5(8)9/h3-4H,1-2H2,(H,8,9). The van der Waals surface area contributed by atoms with Crippen molar-refractivity contribution in [3.05, 3.63) is 0 Å². The number of carboxylic acids is 1. The van der Waals surface area contributed by atoms with Crippen molar-refractivity contribution in [2.75, 3.05) is 12.3 Å². The van der Waals surface area contributed by atoms with Crippen molar-refractivity contribution >= 4 is 24.1 Å². The minimum absolute atomic E-state index is 0.547. The summed E-state index contributed by atoms with van der Waals surface area (Å²) in [7, 11) is 0. The van der Waals surface area contributed by atoms with Gasteiger partial charge in [-0.15, -0.1) is 11.8 Å². The Morgan fingerprint density at radius 1 is 1.80 bits per heavy atom. The van der Waals surface area contributed by atoms with Gasteiger partial charge >= 0.3 is 5.97 Å². The summed E-state index contributed by atoms with van der Waals surface area (Å²) in [5.74, 6) is -0.218. The molecule has 0 aromatic carbocycles. The molecule has 0 bridgehead atoms. The summed E-state index contributed by atoms with van der Waals surface area (Å²) in [6.45, 7) is 0.547. The lowest BCUT2D eigenvalue weighted by Gasteiger charge is -2.12. The molecule has 4 nitrogen and oxygen atoms in total. The highest BCUT2D eigenvalue weighted by atomic mass is 32.2. The van der Waals surface area contributed by atoms with Crippen molar-refractivity contribution in [2.45, 2.75) is 5.37 Å². The molecule has 1 rings (SSSR count). The van der Waals surface area contributed by atoms with Crippen molar-refractivity contribution in [1.82, 2.24) is 4.90 Å². The van der Waals surface area contributed by atoms with Crippen LogP contribution in [0.2, 0.25) is 0 Å². The number of carbonyl (C=O) groups excluding carboxylic acids is 1. The first-order valence-electron chi connectivity index (χ1n) is 2.81. The molecule has 56 valence electrons. The van der Waals surface area contributed by atoms with E-state index in [2.05, 4.69) is 0 Å². The van der Waals surface area contributed by atoms with E-state index in [1.54, 1.807) is 0 Å². The monoisotopic (exact) mass is 161 g/mol. The summed E-state index contributed by atoms with van der Waals surface area (Å²) < 4.78 is 0. The van der Waals surface area contributed by atoms with Crippen molar-refractivity contribution in [3.8, 4) is 0 Å². The van der Waals surface area contributed by atoms with E-state index in [1.807, 2.05) is 0 Å². The van der Waals surface area contributed by atoms with Crippen molar-refractivity contribution in [1.29, 1.82) is 0 Å². The maximum Gasteiger partial charge on any atom is 0.337 e. The smallest absolute Gasteiger partial charge is 0.337 e. The third kappa shape index (κ3) is 1.23. The Hall–Kier alpha value is -0.710. The zero-order chi connectivity index (χ0) is 7.56. The van der Waals surface area contributed by atoms with E-state index in [0.29, 0.717) is 13.0 Å². The van der Waals surface area contributed by atoms with Crippen LogP contribution < -0.4 is 0 Å². The van der Waals surface area contributed by atoms with E-state index >= 15 is 0 Å². The lowest BCUT2D eigenvalue weighted by molar-refractivity contribution is -0.141. The Labute approximate surface area is 62.2 Å². The van der Waals surface area contributed by atoms with Gasteiger partial charge in [-0.25, -0.2) is 4.79 Å². The maximum absolute atomic E-state index is 10.3. The van der Waals surface area contributed by atoms with Crippen LogP contribution >= 0.6 is 11.8 Å². The second-order valence-corrected chi connectivity index (χ2v) is 3.09. The number of hydrogen-bond acceptors (Lipinski definition) is 3. The Morgan fingerprint density at radius 3 is 2.90 bits per heavy atom. The van der Waals surface area contributed by atoms with Gasteiger partial charge in [0.25, 0.3) is 0 Å². The molecule has 1 N–H and O–H groups in total. The van der Waals surface area contributed by atoms with Gasteiger partial charge in [-0.05, 0) is 0 Å². The summed E-state index contributed by atoms with van der Waals surface area (Å²) in [5.41, 5.74) is 0. The molecular formula is C5H7NO3S. The SMILES string of the molecule is O=CN1CCSC1C(=O)O. The van der Waals surface area contributed by atoms with Crippen LogP contribution in [-0.4, -0.2) is 40.1 Å². The summed E-state index contributed by atoms with van der Waals surface area (Å²) >= 11 is 1.28.